The Bertz CT molecular complexity index is 1110. The molecule has 36 heavy (non-hydrogen) atoms. The molecule has 0 atom stereocenters. The Morgan fingerprint density at radius 3 is 2.14 bits per heavy atom. The molecule has 192 valence electrons. The molecule has 2 heterocycles. The van der Waals surface area contributed by atoms with Crippen LogP contribution in [-0.4, -0.2) is 66.8 Å². The highest BCUT2D eigenvalue weighted by atomic mass is 16.2. The third-order valence-corrected chi connectivity index (χ3v) is 7.50. The number of amidine groups is 1. The lowest BCUT2D eigenvalue weighted by Gasteiger charge is -2.39. The van der Waals surface area contributed by atoms with E-state index in [1.165, 1.54) is 22.4 Å². The summed E-state index contributed by atoms with van der Waals surface area (Å²) in [6.45, 7) is 12.8. The summed E-state index contributed by atoms with van der Waals surface area (Å²) in [6, 6.07) is 14.1. The number of nitrogens with zero attached hydrogens (tertiary/aromatic N) is 4. The van der Waals surface area contributed by atoms with Crippen LogP contribution in [-0.2, 0) is 4.79 Å². The second-order valence-corrected chi connectivity index (χ2v) is 10.4. The van der Waals surface area contributed by atoms with Crippen molar-refractivity contribution in [3.63, 3.8) is 0 Å². The van der Waals surface area contributed by atoms with Gasteiger partial charge in [0.15, 0.2) is 0 Å². The summed E-state index contributed by atoms with van der Waals surface area (Å²) in [5.41, 5.74) is 11.9. The molecule has 0 saturated carbocycles. The molecule has 0 spiro atoms. The van der Waals surface area contributed by atoms with Gasteiger partial charge in [-0.15, -0.1) is 0 Å². The van der Waals surface area contributed by atoms with Gasteiger partial charge < -0.3 is 20.4 Å². The maximum absolute atomic E-state index is 13.2. The van der Waals surface area contributed by atoms with Crippen LogP contribution < -0.4 is 10.6 Å². The number of hydrogen-bond acceptors (Lipinski definition) is 3. The number of anilines is 1. The summed E-state index contributed by atoms with van der Waals surface area (Å²) in [4.78, 5) is 36.1. The number of hydrogen-bond donors (Lipinski definition) is 1. The van der Waals surface area contributed by atoms with Gasteiger partial charge in [-0.05, 0) is 55.4 Å². The quantitative estimate of drug-likeness (QED) is 0.512. The fourth-order valence-electron chi connectivity index (χ4n) is 5.08. The van der Waals surface area contributed by atoms with Gasteiger partial charge in [0.05, 0.1) is 0 Å². The standard InChI is InChI=1S/C29H39N5O2/c1-20(2)23-7-9-24(10-8-23)27(30)31-29(36)34-13-11-25(12-14-34)28(35)33-17-15-32(16-18-33)26-19-21(3)5-6-22(26)4/h5-10,19-20,25H,11-18H2,1-4H3,(H2,30,31,36). The Labute approximate surface area is 215 Å². The smallest absolute Gasteiger partial charge is 0.345 e. The number of carbonyl (C=O) groups is 2. The first-order valence-electron chi connectivity index (χ1n) is 13.1. The van der Waals surface area contributed by atoms with E-state index < -0.39 is 0 Å². The van der Waals surface area contributed by atoms with E-state index in [0.717, 1.165) is 31.7 Å². The van der Waals surface area contributed by atoms with E-state index in [4.69, 9.17) is 5.73 Å². The fraction of sp³-hybridized carbons (Fsp3) is 0.483. The predicted octanol–water partition coefficient (Wildman–Crippen LogP) is 4.31. The average Bonchev–Trinajstić information content (AvgIpc) is 2.90. The summed E-state index contributed by atoms with van der Waals surface area (Å²) in [7, 11) is 0. The zero-order chi connectivity index (χ0) is 25.8. The number of benzene rings is 2. The van der Waals surface area contributed by atoms with Gasteiger partial charge in [0.25, 0.3) is 0 Å². The number of likely N-dealkylation sites (tertiary alicyclic amines) is 1. The number of nitrogens with two attached hydrogens (primary N) is 1. The summed E-state index contributed by atoms with van der Waals surface area (Å²) in [5, 5.41) is 0. The number of amides is 3. The fourth-order valence-corrected chi connectivity index (χ4v) is 5.08. The van der Waals surface area contributed by atoms with E-state index in [0.29, 0.717) is 31.8 Å². The van der Waals surface area contributed by atoms with Gasteiger partial charge in [-0.2, -0.15) is 4.99 Å². The highest BCUT2D eigenvalue weighted by molar-refractivity contribution is 6.03. The van der Waals surface area contributed by atoms with Gasteiger partial charge in [0.1, 0.15) is 5.84 Å². The molecule has 2 aromatic carbocycles. The molecule has 0 aromatic heterocycles. The van der Waals surface area contributed by atoms with E-state index in [9.17, 15) is 9.59 Å². The zero-order valence-electron chi connectivity index (χ0n) is 22.0. The SMILES string of the molecule is Cc1ccc(C)c(N2CCN(C(=O)C3CCN(C(=O)N=C(N)c4ccc(C(C)C)cc4)CC3)CC2)c1. The highest BCUT2D eigenvalue weighted by Crippen LogP contribution is 2.25. The molecule has 2 N–H and O–H groups in total. The molecule has 3 amide bonds. The molecule has 7 nitrogen and oxygen atoms in total. The van der Waals surface area contributed by atoms with Crippen molar-refractivity contribution in [2.75, 3.05) is 44.2 Å². The van der Waals surface area contributed by atoms with Crippen molar-refractivity contribution in [3.8, 4) is 0 Å². The van der Waals surface area contributed by atoms with Crippen molar-refractivity contribution in [1.29, 1.82) is 0 Å². The third-order valence-electron chi connectivity index (χ3n) is 7.50. The van der Waals surface area contributed by atoms with Crippen LogP contribution >= 0.6 is 0 Å². The lowest BCUT2D eigenvalue weighted by atomic mass is 9.95. The summed E-state index contributed by atoms with van der Waals surface area (Å²) >= 11 is 0. The largest absolute Gasteiger partial charge is 0.383 e. The Hall–Kier alpha value is -3.35. The van der Waals surface area contributed by atoms with Gasteiger partial charge in [0.2, 0.25) is 5.91 Å². The third kappa shape index (κ3) is 5.89. The van der Waals surface area contributed by atoms with Crippen LogP contribution in [0.3, 0.4) is 0 Å². The summed E-state index contributed by atoms with van der Waals surface area (Å²) < 4.78 is 0. The monoisotopic (exact) mass is 489 g/mol. The van der Waals surface area contributed by atoms with Crippen LogP contribution in [0.4, 0.5) is 10.5 Å². The zero-order valence-corrected chi connectivity index (χ0v) is 22.0. The van der Waals surface area contributed by atoms with Gasteiger partial charge >= 0.3 is 6.03 Å². The van der Waals surface area contributed by atoms with E-state index in [1.54, 1.807) is 4.90 Å². The van der Waals surface area contributed by atoms with Crippen molar-refractivity contribution >= 4 is 23.5 Å². The van der Waals surface area contributed by atoms with Crippen LogP contribution in [0, 0.1) is 19.8 Å². The Morgan fingerprint density at radius 2 is 1.53 bits per heavy atom. The van der Waals surface area contributed by atoms with Gasteiger partial charge in [-0.1, -0.05) is 50.2 Å². The molecular formula is C29H39N5O2. The van der Waals surface area contributed by atoms with Gasteiger partial charge in [-0.25, -0.2) is 4.79 Å². The molecule has 0 bridgehead atoms. The molecule has 2 aromatic rings. The van der Waals surface area contributed by atoms with Crippen LogP contribution in [0.15, 0.2) is 47.5 Å². The average molecular weight is 490 g/mol. The Balaban J connectivity index is 1.27. The maximum atomic E-state index is 13.2. The van der Waals surface area contributed by atoms with Crippen LogP contribution in [0.25, 0.3) is 0 Å². The normalized spacial score (nSPS) is 17.6. The minimum atomic E-state index is -0.325. The molecule has 0 aliphatic carbocycles. The molecule has 2 aliphatic rings. The number of urea groups is 1. The van der Waals surface area contributed by atoms with E-state index in [-0.39, 0.29) is 23.7 Å². The van der Waals surface area contributed by atoms with Crippen molar-refractivity contribution in [2.45, 2.75) is 46.5 Å². The van der Waals surface area contributed by atoms with Crippen molar-refractivity contribution in [3.05, 3.63) is 64.7 Å². The first-order chi connectivity index (χ1) is 17.2. The van der Waals surface area contributed by atoms with Crippen molar-refractivity contribution in [1.82, 2.24) is 9.80 Å². The number of carbonyl (C=O) groups excluding carboxylic acids is 2. The number of aryl methyl sites for hydroxylation is 2. The summed E-state index contributed by atoms with van der Waals surface area (Å²) in [6.07, 6.45) is 1.33. The van der Waals surface area contributed by atoms with Crippen molar-refractivity contribution < 1.29 is 9.59 Å². The molecule has 0 unspecified atom stereocenters. The topological polar surface area (TPSA) is 82.2 Å². The van der Waals surface area contributed by atoms with Gasteiger partial charge in [0, 0.05) is 56.4 Å². The van der Waals surface area contributed by atoms with Crippen LogP contribution in [0.5, 0.6) is 0 Å². The number of rotatable bonds is 4. The molecule has 4 rings (SSSR count). The molecule has 2 fully saturated rings. The minimum Gasteiger partial charge on any atom is -0.383 e. The maximum Gasteiger partial charge on any atom is 0.345 e. The van der Waals surface area contributed by atoms with E-state index in [1.807, 2.05) is 29.2 Å². The predicted molar refractivity (Wildman–Crippen MR) is 146 cm³/mol. The minimum absolute atomic E-state index is 0.0359. The van der Waals surface area contributed by atoms with Crippen LogP contribution in [0.2, 0.25) is 0 Å². The Kier molecular flexibility index (Phi) is 7.97. The molecule has 0 radical (unpaired) electrons. The second kappa shape index (κ2) is 11.1. The second-order valence-electron chi connectivity index (χ2n) is 10.4. The number of piperidine rings is 1. The van der Waals surface area contributed by atoms with Gasteiger partial charge in [-0.3, -0.25) is 4.79 Å². The van der Waals surface area contributed by atoms with E-state index in [2.05, 4.69) is 55.8 Å². The lowest BCUT2D eigenvalue weighted by molar-refractivity contribution is -0.137. The first-order valence-corrected chi connectivity index (χ1v) is 13.1. The van der Waals surface area contributed by atoms with E-state index >= 15 is 0 Å². The lowest BCUT2D eigenvalue weighted by Crippen LogP contribution is -2.52. The molecular weight excluding hydrogens is 450 g/mol. The first kappa shape index (κ1) is 25.7. The molecule has 2 aliphatic heterocycles. The molecule has 2 saturated heterocycles. The molecule has 7 heteroatoms. The number of aliphatic imine (C=N–C) groups is 1. The number of piperazine rings is 1. The highest BCUT2D eigenvalue weighted by Gasteiger charge is 2.32. The summed E-state index contributed by atoms with van der Waals surface area (Å²) in [5.74, 6) is 0.849. The Morgan fingerprint density at radius 1 is 0.889 bits per heavy atom. The van der Waals surface area contributed by atoms with Crippen LogP contribution in [0.1, 0.15) is 54.9 Å². The van der Waals surface area contributed by atoms with Crippen molar-refractivity contribution in [2.24, 2.45) is 16.6 Å².